The lowest BCUT2D eigenvalue weighted by atomic mass is 9.63. The zero-order valence-corrected chi connectivity index (χ0v) is 16.6. The summed E-state index contributed by atoms with van der Waals surface area (Å²) in [4.78, 5) is 39.8. The number of anilines is 2. The second kappa shape index (κ2) is 7.16. The van der Waals surface area contributed by atoms with E-state index in [9.17, 15) is 18.8 Å². The van der Waals surface area contributed by atoms with Crippen molar-refractivity contribution in [2.75, 3.05) is 10.2 Å². The Labute approximate surface area is 178 Å². The standard InChI is InChI=1S/C25H19FN2O3/c26-17-7-3-6-16(14-17)25(12-5-13-25)24(31)27-18-8-4-9-19(15-18)28-22(29)20-10-1-2-11-21(20)23(28)30/h1-4,6-11,14-15H,5,12-13H2,(H,27,31). The van der Waals surface area contributed by atoms with Gasteiger partial charge in [0.15, 0.2) is 0 Å². The average Bonchev–Trinajstić information content (AvgIpc) is 2.98. The minimum absolute atomic E-state index is 0.219. The molecule has 2 aliphatic rings. The summed E-state index contributed by atoms with van der Waals surface area (Å²) in [6, 6.07) is 19.5. The van der Waals surface area contributed by atoms with E-state index in [0.29, 0.717) is 40.9 Å². The fourth-order valence-electron chi connectivity index (χ4n) is 4.36. The van der Waals surface area contributed by atoms with Gasteiger partial charge in [0.1, 0.15) is 5.82 Å². The highest BCUT2D eigenvalue weighted by Gasteiger charge is 2.46. The second-order valence-corrected chi connectivity index (χ2v) is 7.94. The first kappa shape index (κ1) is 19.2. The summed E-state index contributed by atoms with van der Waals surface area (Å²) in [5.41, 5.74) is 1.47. The van der Waals surface area contributed by atoms with Crippen LogP contribution in [0.25, 0.3) is 0 Å². The summed E-state index contributed by atoms with van der Waals surface area (Å²) in [6.45, 7) is 0. The minimum atomic E-state index is -0.770. The number of fused-ring (bicyclic) bond motifs is 1. The number of carbonyl (C=O) groups is 3. The van der Waals surface area contributed by atoms with Gasteiger partial charge < -0.3 is 5.32 Å². The SMILES string of the molecule is O=C1c2ccccc2C(=O)N1c1cccc(NC(=O)C2(c3cccc(F)c3)CCC2)c1. The van der Waals surface area contributed by atoms with Crippen molar-refractivity contribution in [3.05, 3.63) is 95.3 Å². The van der Waals surface area contributed by atoms with Crippen molar-refractivity contribution in [3.8, 4) is 0 Å². The van der Waals surface area contributed by atoms with E-state index >= 15 is 0 Å². The van der Waals surface area contributed by atoms with E-state index in [4.69, 9.17) is 0 Å². The zero-order valence-electron chi connectivity index (χ0n) is 16.6. The molecule has 3 aromatic rings. The van der Waals surface area contributed by atoms with Gasteiger partial charge in [-0.05, 0) is 60.9 Å². The number of rotatable bonds is 4. The molecule has 1 fully saturated rings. The van der Waals surface area contributed by atoms with E-state index in [1.165, 1.54) is 12.1 Å². The van der Waals surface area contributed by atoms with E-state index in [0.717, 1.165) is 11.3 Å². The van der Waals surface area contributed by atoms with Gasteiger partial charge >= 0.3 is 0 Å². The molecule has 6 heteroatoms. The quantitative estimate of drug-likeness (QED) is 0.630. The Morgan fingerprint density at radius 1 is 0.871 bits per heavy atom. The summed E-state index contributed by atoms with van der Waals surface area (Å²) in [6.07, 6.45) is 2.17. The predicted octanol–water partition coefficient (Wildman–Crippen LogP) is 4.69. The molecule has 0 aromatic heterocycles. The lowest BCUT2D eigenvalue weighted by Gasteiger charge is -2.40. The highest BCUT2D eigenvalue weighted by Crippen LogP contribution is 2.45. The molecule has 0 spiro atoms. The molecule has 5 nitrogen and oxygen atoms in total. The molecule has 1 N–H and O–H groups in total. The Morgan fingerprint density at radius 2 is 1.55 bits per heavy atom. The molecule has 0 saturated heterocycles. The smallest absolute Gasteiger partial charge is 0.266 e. The van der Waals surface area contributed by atoms with Crippen molar-refractivity contribution in [2.45, 2.75) is 24.7 Å². The number of benzene rings is 3. The normalized spacial score (nSPS) is 16.6. The number of halogens is 1. The van der Waals surface area contributed by atoms with Gasteiger partial charge in [-0.3, -0.25) is 14.4 Å². The van der Waals surface area contributed by atoms with Crippen LogP contribution in [0.4, 0.5) is 15.8 Å². The van der Waals surface area contributed by atoms with Crippen LogP contribution in [0.3, 0.4) is 0 Å². The van der Waals surface area contributed by atoms with E-state index in [-0.39, 0.29) is 23.5 Å². The highest BCUT2D eigenvalue weighted by molar-refractivity contribution is 6.34. The van der Waals surface area contributed by atoms with E-state index < -0.39 is 5.41 Å². The summed E-state index contributed by atoms with van der Waals surface area (Å²) >= 11 is 0. The van der Waals surface area contributed by atoms with Crippen LogP contribution in [0.15, 0.2) is 72.8 Å². The molecule has 3 amide bonds. The predicted molar refractivity (Wildman–Crippen MR) is 115 cm³/mol. The highest BCUT2D eigenvalue weighted by atomic mass is 19.1. The Morgan fingerprint density at radius 3 is 2.16 bits per heavy atom. The maximum Gasteiger partial charge on any atom is 0.266 e. The Kier molecular flexibility index (Phi) is 4.43. The van der Waals surface area contributed by atoms with Gasteiger partial charge in [-0.2, -0.15) is 0 Å². The van der Waals surface area contributed by atoms with Crippen LogP contribution in [0.5, 0.6) is 0 Å². The molecule has 1 heterocycles. The fraction of sp³-hybridized carbons (Fsp3) is 0.160. The number of carbonyl (C=O) groups excluding carboxylic acids is 3. The number of imide groups is 1. The molecule has 0 bridgehead atoms. The van der Waals surface area contributed by atoms with Gasteiger partial charge in [0, 0.05) is 5.69 Å². The van der Waals surface area contributed by atoms with Crippen LogP contribution < -0.4 is 10.2 Å². The Hall–Kier alpha value is -3.80. The Bertz CT molecular complexity index is 1200. The van der Waals surface area contributed by atoms with Crippen LogP contribution in [0.1, 0.15) is 45.5 Å². The second-order valence-electron chi connectivity index (χ2n) is 7.94. The van der Waals surface area contributed by atoms with Crippen molar-refractivity contribution >= 4 is 29.1 Å². The van der Waals surface area contributed by atoms with Gasteiger partial charge in [0.25, 0.3) is 11.8 Å². The molecular weight excluding hydrogens is 395 g/mol. The summed E-state index contributed by atoms with van der Waals surface area (Å²) in [5.74, 6) is -1.37. The molecule has 1 saturated carbocycles. The van der Waals surface area contributed by atoms with E-state index in [1.807, 2.05) is 0 Å². The first-order chi connectivity index (χ1) is 15.0. The Balaban J connectivity index is 1.42. The third-order valence-electron chi connectivity index (χ3n) is 6.18. The van der Waals surface area contributed by atoms with Crippen LogP contribution in [-0.4, -0.2) is 17.7 Å². The van der Waals surface area contributed by atoms with Gasteiger partial charge in [-0.15, -0.1) is 0 Å². The van der Waals surface area contributed by atoms with Gasteiger partial charge in [0.05, 0.1) is 22.2 Å². The van der Waals surface area contributed by atoms with Crippen molar-refractivity contribution in [1.82, 2.24) is 0 Å². The molecule has 31 heavy (non-hydrogen) atoms. The monoisotopic (exact) mass is 414 g/mol. The first-order valence-electron chi connectivity index (χ1n) is 10.1. The molecule has 3 aromatic carbocycles. The third kappa shape index (κ3) is 3.03. The van der Waals surface area contributed by atoms with Crippen LogP contribution in [-0.2, 0) is 10.2 Å². The summed E-state index contributed by atoms with van der Waals surface area (Å²) < 4.78 is 13.8. The molecule has 0 radical (unpaired) electrons. The molecular formula is C25H19FN2O3. The van der Waals surface area contributed by atoms with Gasteiger partial charge in [0.2, 0.25) is 5.91 Å². The van der Waals surface area contributed by atoms with Crippen LogP contribution >= 0.6 is 0 Å². The number of hydrogen-bond donors (Lipinski definition) is 1. The first-order valence-corrected chi connectivity index (χ1v) is 10.1. The van der Waals surface area contributed by atoms with Crippen molar-refractivity contribution in [3.63, 3.8) is 0 Å². The van der Waals surface area contributed by atoms with E-state index in [1.54, 1.807) is 60.7 Å². The lowest BCUT2D eigenvalue weighted by Crippen LogP contribution is -2.46. The van der Waals surface area contributed by atoms with Crippen molar-refractivity contribution in [1.29, 1.82) is 0 Å². The van der Waals surface area contributed by atoms with E-state index in [2.05, 4.69) is 5.32 Å². The van der Waals surface area contributed by atoms with Crippen molar-refractivity contribution < 1.29 is 18.8 Å². The maximum absolute atomic E-state index is 13.8. The van der Waals surface area contributed by atoms with Crippen LogP contribution in [0.2, 0.25) is 0 Å². The molecule has 1 aliphatic heterocycles. The minimum Gasteiger partial charge on any atom is -0.325 e. The third-order valence-corrected chi connectivity index (χ3v) is 6.18. The lowest BCUT2D eigenvalue weighted by molar-refractivity contribution is -0.124. The summed E-state index contributed by atoms with van der Waals surface area (Å²) in [7, 11) is 0. The number of nitrogens with one attached hydrogen (secondary N) is 1. The van der Waals surface area contributed by atoms with Crippen LogP contribution in [0, 0.1) is 5.82 Å². The molecule has 0 unspecified atom stereocenters. The fourth-order valence-corrected chi connectivity index (χ4v) is 4.36. The number of amides is 3. The van der Waals surface area contributed by atoms with Gasteiger partial charge in [-0.1, -0.05) is 36.8 Å². The molecule has 154 valence electrons. The topological polar surface area (TPSA) is 66.5 Å². The molecule has 1 aliphatic carbocycles. The van der Waals surface area contributed by atoms with Gasteiger partial charge in [-0.25, -0.2) is 9.29 Å². The number of hydrogen-bond acceptors (Lipinski definition) is 3. The number of nitrogens with zero attached hydrogens (tertiary/aromatic N) is 1. The average molecular weight is 414 g/mol. The summed E-state index contributed by atoms with van der Waals surface area (Å²) in [5, 5.41) is 2.91. The maximum atomic E-state index is 13.8. The molecule has 5 rings (SSSR count). The molecule has 0 atom stereocenters. The largest absolute Gasteiger partial charge is 0.325 e. The van der Waals surface area contributed by atoms with Crippen molar-refractivity contribution in [2.24, 2.45) is 0 Å². The zero-order chi connectivity index (χ0) is 21.6.